The van der Waals surface area contributed by atoms with Crippen LogP contribution in [0, 0.1) is 0 Å². The lowest BCUT2D eigenvalue weighted by Crippen LogP contribution is -2.08. The van der Waals surface area contributed by atoms with Crippen molar-refractivity contribution in [2.75, 3.05) is 0 Å². The zero-order chi connectivity index (χ0) is 41.4. The number of para-hydroxylation sites is 5. The summed E-state index contributed by atoms with van der Waals surface area (Å²) in [5, 5.41) is 6.37. The first-order valence-electron chi connectivity index (χ1n) is 22.3. The first-order valence-corrected chi connectivity index (χ1v) is 22.3. The highest BCUT2D eigenvalue weighted by Gasteiger charge is 2.26. The third kappa shape index (κ3) is 5.59. The van der Waals surface area contributed by atoms with E-state index >= 15 is 0 Å². The monoisotopic (exact) mass is 805 g/mol. The number of benzene rings is 9. The molecule has 9 aromatic carbocycles. The first-order chi connectivity index (χ1) is 31.3. The quantitative estimate of drug-likeness (QED) is 0.159. The van der Waals surface area contributed by atoms with Gasteiger partial charge in [0.1, 0.15) is 0 Å². The third-order valence-electron chi connectivity index (χ3n) is 13.6. The van der Waals surface area contributed by atoms with Crippen molar-refractivity contribution in [2.24, 2.45) is 0 Å². The maximum absolute atomic E-state index is 2.61. The Balaban J connectivity index is 1.13. The Labute approximate surface area is 366 Å². The van der Waals surface area contributed by atoms with E-state index < -0.39 is 0 Å². The van der Waals surface area contributed by atoms with Gasteiger partial charge >= 0.3 is 0 Å². The third-order valence-corrected chi connectivity index (χ3v) is 13.6. The molecule has 3 heterocycles. The SMILES string of the molecule is c1ccc(-c2cccc(-c3cc(-c4ccccc4)cc(-n4c5ccccc5c5cccc(-n6c7ccccc7c7cccc(-n8c9c(c%10ccccc%108)CCCC9)c76)c54)c3)c2)cc1. The van der Waals surface area contributed by atoms with Crippen molar-refractivity contribution < 1.29 is 0 Å². The maximum Gasteiger partial charge on any atom is 0.0783 e. The van der Waals surface area contributed by atoms with Gasteiger partial charge in [-0.3, -0.25) is 0 Å². The van der Waals surface area contributed by atoms with E-state index in [1.165, 1.54) is 118 Å². The minimum absolute atomic E-state index is 1.08. The molecule has 0 fully saturated rings. The Morgan fingerprint density at radius 3 is 1.38 bits per heavy atom. The summed E-state index contributed by atoms with van der Waals surface area (Å²) in [5.74, 6) is 0. The number of hydrogen-bond acceptors (Lipinski definition) is 0. The van der Waals surface area contributed by atoms with Crippen molar-refractivity contribution in [1.29, 1.82) is 0 Å². The summed E-state index contributed by atoms with van der Waals surface area (Å²) < 4.78 is 7.72. The van der Waals surface area contributed by atoms with Crippen molar-refractivity contribution in [3.05, 3.63) is 224 Å². The number of rotatable bonds is 6. The number of aryl methyl sites for hydroxylation is 1. The number of nitrogens with zero attached hydrogens (tertiary/aromatic N) is 3. The Kier molecular flexibility index (Phi) is 8.17. The van der Waals surface area contributed by atoms with E-state index in [0.717, 1.165) is 24.2 Å². The molecular weight excluding hydrogens is 763 g/mol. The highest BCUT2D eigenvalue weighted by molar-refractivity contribution is 6.16. The van der Waals surface area contributed by atoms with Crippen LogP contribution in [0.5, 0.6) is 0 Å². The van der Waals surface area contributed by atoms with Crippen LogP contribution in [-0.2, 0) is 12.8 Å². The minimum Gasteiger partial charge on any atom is -0.311 e. The molecule has 0 atom stereocenters. The van der Waals surface area contributed by atoms with Crippen LogP contribution in [0.4, 0.5) is 0 Å². The minimum atomic E-state index is 1.08. The summed E-state index contributed by atoms with van der Waals surface area (Å²) in [7, 11) is 0. The highest BCUT2D eigenvalue weighted by atomic mass is 15.1. The molecule has 1 aliphatic rings. The summed E-state index contributed by atoms with van der Waals surface area (Å²) in [5.41, 5.74) is 19.7. The maximum atomic E-state index is 2.61. The molecule has 12 aromatic rings. The largest absolute Gasteiger partial charge is 0.311 e. The molecule has 63 heavy (non-hydrogen) atoms. The average molecular weight is 806 g/mol. The molecule has 0 bridgehead atoms. The molecule has 0 saturated heterocycles. The van der Waals surface area contributed by atoms with Gasteiger partial charge in [0.15, 0.2) is 0 Å². The van der Waals surface area contributed by atoms with Crippen LogP contribution in [0.1, 0.15) is 24.1 Å². The molecule has 0 radical (unpaired) electrons. The van der Waals surface area contributed by atoms with Crippen molar-refractivity contribution >= 4 is 54.5 Å². The van der Waals surface area contributed by atoms with Gasteiger partial charge in [0.05, 0.1) is 39.0 Å². The van der Waals surface area contributed by atoms with Crippen LogP contribution in [-0.4, -0.2) is 13.7 Å². The fourth-order valence-corrected chi connectivity index (χ4v) is 10.9. The van der Waals surface area contributed by atoms with Gasteiger partial charge in [-0.05, 0) is 119 Å². The van der Waals surface area contributed by atoms with E-state index in [4.69, 9.17) is 0 Å². The van der Waals surface area contributed by atoms with Crippen molar-refractivity contribution in [3.63, 3.8) is 0 Å². The highest BCUT2D eigenvalue weighted by Crippen LogP contribution is 2.44. The fraction of sp³-hybridized carbons (Fsp3) is 0.0667. The summed E-state index contributed by atoms with van der Waals surface area (Å²) in [6.45, 7) is 0. The van der Waals surface area contributed by atoms with Crippen LogP contribution in [0.3, 0.4) is 0 Å². The van der Waals surface area contributed by atoms with E-state index in [1.807, 2.05) is 0 Å². The van der Waals surface area contributed by atoms with Gasteiger partial charge < -0.3 is 13.7 Å². The predicted octanol–water partition coefficient (Wildman–Crippen LogP) is 15.7. The van der Waals surface area contributed by atoms with Gasteiger partial charge in [0, 0.05) is 38.3 Å². The molecule has 0 unspecified atom stereocenters. The zero-order valence-corrected chi connectivity index (χ0v) is 34.9. The van der Waals surface area contributed by atoms with Crippen LogP contribution in [0.15, 0.2) is 212 Å². The molecule has 0 spiro atoms. The molecule has 3 nitrogen and oxygen atoms in total. The van der Waals surface area contributed by atoms with Crippen LogP contribution in [0.2, 0.25) is 0 Å². The molecule has 1 aliphatic carbocycles. The zero-order valence-electron chi connectivity index (χ0n) is 34.9. The van der Waals surface area contributed by atoms with Crippen molar-refractivity contribution in [2.45, 2.75) is 25.7 Å². The molecule has 0 aliphatic heterocycles. The second kappa shape index (κ2) is 14.4. The second-order valence-corrected chi connectivity index (χ2v) is 17.1. The molecule has 298 valence electrons. The predicted molar refractivity (Wildman–Crippen MR) is 265 cm³/mol. The van der Waals surface area contributed by atoms with Crippen LogP contribution >= 0.6 is 0 Å². The molecule has 0 saturated carbocycles. The van der Waals surface area contributed by atoms with Gasteiger partial charge in [0.25, 0.3) is 0 Å². The molecule has 0 N–H and O–H groups in total. The molecule has 3 aromatic heterocycles. The van der Waals surface area contributed by atoms with E-state index in [1.54, 1.807) is 0 Å². The van der Waals surface area contributed by atoms with Crippen molar-refractivity contribution in [3.8, 4) is 50.4 Å². The van der Waals surface area contributed by atoms with E-state index in [2.05, 4.69) is 226 Å². The van der Waals surface area contributed by atoms with Gasteiger partial charge in [-0.25, -0.2) is 0 Å². The van der Waals surface area contributed by atoms with Crippen LogP contribution in [0.25, 0.3) is 105 Å². The van der Waals surface area contributed by atoms with Gasteiger partial charge in [-0.1, -0.05) is 158 Å². The lowest BCUT2D eigenvalue weighted by Gasteiger charge is -2.20. The smallest absolute Gasteiger partial charge is 0.0783 e. The Bertz CT molecular complexity index is 3730. The summed E-state index contributed by atoms with van der Waals surface area (Å²) >= 11 is 0. The second-order valence-electron chi connectivity index (χ2n) is 17.1. The Morgan fingerprint density at radius 2 is 0.714 bits per heavy atom. The Morgan fingerprint density at radius 1 is 0.286 bits per heavy atom. The normalized spacial score (nSPS) is 12.8. The molecule has 13 rings (SSSR count). The van der Waals surface area contributed by atoms with E-state index in [9.17, 15) is 0 Å². The molecule has 0 amide bonds. The first kappa shape index (κ1) is 35.8. The van der Waals surface area contributed by atoms with Crippen molar-refractivity contribution in [1.82, 2.24) is 13.7 Å². The number of hydrogen-bond donors (Lipinski definition) is 0. The lowest BCUT2D eigenvalue weighted by molar-refractivity contribution is 0.667. The number of aromatic nitrogens is 3. The summed E-state index contributed by atoms with van der Waals surface area (Å²) in [6.07, 6.45) is 4.66. The van der Waals surface area contributed by atoms with Gasteiger partial charge in [0.2, 0.25) is 0 Å². The molecular formula is C60H43N3. The van der Waals surface area contributed by atoms with Crippen LogP contribution < -0.4 is 0 Å². The average Bonchev–Trinajstić information content (AvgIpc) is 4.01. The standard InChI is InChI=1S/C60H43N3/c1-3-18-40(19-4-1)42-22-15-23-43(36-42)45-37-44(41-20-5-2-6-21-41)38-46(39-45)61-53-30-11-9-26-49(53)51-28-17-35-58(59(51)61)63-56-33-14-10-27-50(56)52-29-16-34-57(60(52)63)62-54-31-12-7-24-47(54)48-25-8-13-32-55(48)62/h1-7,9-12,14-24,26-31,33-39H,8,13,25,32H2. The lowest BCUT2D eigenvalue weighted by atomic mass is 9.95. The molecule has 3 heteroatoms. The fourth-order valence-electron chi connectivity index (χ4n) is 10.9. The number of fused-ring (bicyclic) bond motifs is 9. The van der Waals surface area contributed by atoms with Gasteiger partial charge in [-0.15, -0.1) is 0 Å². The van der Waals surface area contributed by atoms with E-state index in [-0.39, 0.29) is 0 Å². The van der Waals surface area contributed by atoms with E-state index in [0.29, 0.717) is 0 Å². The Hall–Kier alpha value is -7.88. The van der Waals surface area contributed by atoms with Gasteiger partial charge in [-0.2, -0.15) is 0 Å². The summed E-state index contributed by atoms with van der Waals surface area (Å²) in [6, 6.07) is 78.5. The summed E-state index contributed by atoms with van der Waals surface area (Å²) in [4.78, 5) is 0. The topological polar surface area (TPSA) is 14.8 Å².